The fourth-order valence-corrected chi connectivity index (χ4v) is 2.57. The molecule has 1 N–H and O–H groups in total. The van der Waals surface area contributed by atoms with E-state index in [0.29, 0.717) is 0 Å². The highest BCUT2D eigenvalue weighted by molar-refractivity contribution is 9.10. The lowest BCUT2D eigenvalue weighted by Crippen LogP contribution is -2.05. The summed E-state index contributed by atoms with van der Waals surface area (Å²) in [6.07, 6.45) is 0.973. The van der Waals surface area contributed by atoms with Crippen LogP contribution in [0.5, 0.6) is 17.2 Å². The van der Waals surface area contributed by atoms with Crippen molar-refractivity contribution in [3.05, 3.63) is 52.0 Å². The highest BCUT2D eigenvalue weighted by atomic mass is 79.9. The molecule has 0 saturated heterocycles. The summed E-state index contributed by atoms with van der Waals surface area (Å²) >= 11 is 3.57. The van der Waals surface area contributed by atoms with E-state index in [1.807, 2.05) is 37.4 Å². The lowest BCUT2D eigenvalue weighted by molar-refractivity contribution is 0.378. The average molecular weight is 350 g/mol. The lowest BCUT2D eigenvalue weighted by atomic mass is 10.1. The maximum Gasteiger partial charge on any atom is 0.169 e. The Balaban J connectivity index is 2.23. The number of benzene rings is 2. The van der Waals surface area contributed by atoms with Crippen LogP contribution < -0.4 is 14.8 Å². The van der Waals surface area contributed by atoms with Crippen LogP contribution in [0.3, 0.4) is 0 Å². The van der Waals surface area contributed by atoms with Crippen LogP contribution >= 0.6 is 15.9 Å². The first-order valence-corrected chi connectivity index (χ1v) is 7.75. The second-order valence-corrected chi connectivity index (χ2v) is 5.58. The third-order valence-electron chi connectivity index (χ3n) is 3.26. The molecule has 21 heavy (non-hydrogen) atoms. The molecule has 0 spiro atoms. The fraction of sp³-hybridized carbons (Fsp3) is 0.294. The Morgan fingerprint density at radius 3 is 2.52 bits per heavy atom. The van der Waals surface area contributed by atoms with Gasteiger partial charge in [0.25, 0.3) is 0 Å². The molecule has 0 aliphatic heterocycles. The van der Waals surface area contributed by atoms with Crippen molar-refractivity contribution in [2.75, 3.05) is 14.2 Å². The van der Waals surface area contributed by atoms with Gasteiger partial charge in [-0.15, -0.1) is 0 Å². The second-order valence-electron chi connectivity index (χ2n) is 4.72. The number of methoxy groups -OCH3 is 1. The number of nitrogens with one attached hydrogen (secondary N) is 1. The van der Waals surface area contributed by atoms with Crippen molar-refractivity contribution in [2.45, 2.75) is 19.9 Å². The van der Waals surface area contributed by atoms with E-state index in [9.17, 15) is 0 Å². The smallest absolute Gasteiger partial charge is 0.169 e. The Morgan fingerprint density at radius 1 is 1.10 bits per heavy atom. The Bertz CT molecular complexity index is 614. The van der Waals surface area contributed by atoms with Crippen LogP contribution in [0.25, 0.3) is 0 Å². The van der Waals surface area contributed by atoms with Crippen molar-refractivity contribution in [2.24, 2.45) is 0 Å². The lowest BCUT2D eigenvalue weighted by Gasteiger charge is -2.13. The standard InChI is InChI=1S/C17H20BrNO2/c1-4-12-5-8-16(17(9-12)20-3)21-14-7-6-13(11-19-2)15(18)10-14/h5-10,19H,4,11H2,1-3H3. The number of hydrogen-bond acceptors (Lipinski definition) is 3. The van der Waals surface area contributed by atoms with Crippen LogP contribution in [0.4, 0.5) is 0 Å². The Kier molecular flexibility index (Phi) is 5.65. The quantitative estimate of drug-likeness (QED) is 0.830. The minimum absolute atomic E-state index is 0.725. The Morgan fingerprint density at radius 2 is 1.90 bits per heavy atom. The van der Waals surface area contributed by atoms with Gasteiger partial charge in [-0.2, -0.15) is 0 Å². The molecular formula is C17H20BrNO2. The molecule has 0 aromatic heterocycles. The van der Waals surface area contributed by atoms with E-state index >= 15 is 0 Å². The van der Waals surface area contributed by atoms with Crippen molar-refractivity contribution < 1.29 is 9.47 Å². The third-order valence-corrected chi connectivity index (χ3v) is 3.99. The monoisotopic (exact) mass is 349 g/mol. The number of hydrogen-bond donors (Lipinski definition) is 1. The molecule has 0 aliphatic rings. The fourth-order valence-electron chi connectivity index (χ4n) is 2.07. The maximum absolute atomic E-state index is 5.94. The topological polar surface area (TPSA) is 30.5 Å². The molecule has 2 aromatic carbocycles. The first kappa shape index (κ1) is 15.9. The molecule has 4 heteroatoms. The van der Waals surface area contributed by atoms with Gasteiger partial charge in [-0.05, 0) is 48.9 Å². The van der Waals surface area contributed by atoms with E-state index in [0.717, 1.165) is 34.7 Å². The molecule has 2 rings (SSSR count). The molecule has 0 bridgehead atoms. The predicted molar refractivity (Wildman–Crippen MR) is 89.4 cm³/mol. The SMILES string of the molecule is CCc1ccc(Oc2ccc(CNC)c(Br)c2)c(OC)c1. The highest BCUT2D eigenvalue weighted by Gasteiger charge is 2.08. The van der Waals surface area contributed by atoms with Gasteiger partial charge in [0, 0.05) is 11.0 Å². The summed E-state index contributed by atoms with van der Waals surface area (Å²) in [6.45, 7) is 2.93. The van der Waals surface area contributed by atoms with Gasteiger partial charge in [0.1, 0.15) is 5.75 Å². The van der Waals surface area contributed by atoms with E-state index in [1.165, 1.54) is 11.1 Å². The first-order valence-electron chi connectivity index (χ1n) is 6.95. The van der Waals surface area contributed by atoms with E-state index < -0.39 is 0 Å². The summed E-state index contributed by atoms with van der Waals surface area (Å²) < 4.78 is 12.4. The Hall–Kier alpha value is -1.52. The van der Waals surface area contributed by atoms with Gasteiger partial charge in [0.15, 0.2) is 11.5 Å². The number of aryl methyl sites for hydroxylation is 1. The maximum atomic E-state index is 5.94. The van der Waals surface area contributed by atoms with Crippen molar-refractivity contribution in [3.63, 3.8) is 0 Å². The average Bonchev–Trinajstić information content (AvgIpc) is 2.50. The van der Waals surface area contributed by atoms with E-state index in [-0.39, 0.29) is 0 Å². The summed E-state index contributed by atoms with van der Waals surface area (Å²) in [5, 5.41) is 3.13. The molecule has 2 aromatic rings. The predicted octanol–water partition coefficient (Wildman–Crippen LogP) is 4.53. The van der Waals surface area contributed by atoms with Crippen LogP contribution in [0.15, 0.2) is 40.9 Å². The van der Waals surface area contributed by atoms with Gasteiger partial charge in [-0.1, -0.05) is 35.0 Å². The summed E-state index contributed by atoms with van der Waals surface area (Å²) in [4.78, 5) is 0. The normalized spacial score (nSPS) is 10.5. The van der Waals surface area contributed by atoms with Crippen molar-refractivity contribution >= 4 is 15.9 Å². The molecule has 0 aliphatic carbocycles. The number of halogens is 1. The zero-order chi connectivity index (χ0) is 15.2. The molecular weight excluding hydrogens is 330 g/mol. The first-order chi connectivity index (χ1) is 10.2. The molecule has 0 fully saturated rings. The second kappa shape index (κ2) is 7.48. The van der Waals surface area contributed by atoms with Gasteiger partial charge in [0.2, 0.25) is 0 Å². The minimum Gasteiger partial charge on any atom is -0.493 e. The van der Waals surface area contributed by atoms with E-state index in [1.54, 1.807) is 7.11 Å². The molecule has 0 unspecified atom stereocenters. The molecule has 0 radical (unpaired) electrons. The van der Waals surface area contributed by atoms with Crippen molar-refractivity contribution in [1.29, 1.82) is 0 Å². The van der Waals surface area contributed by atoms with Crippen LogP contribution in [0, 0.1) is 0 Å². The summed E-state index contributed by atoms with van der Waals surface area (Å²) in [7, 11) is 3.59. The summed E-state index contributed by atoms with van der Waals surface area (Å²) in [5.41, 5.74) is 2.42. The number of rotatable bonds is 6. The number of ether oxygens (including phenoxy) is 2. The van der Waals surface area contributed by atoms with E-state index in [2.05, 4.69) is 34.2 Å². The molecule has 0 heterocycles. The largest absolute Gasteiger partial charge is 0.493 e. The molecule has 0 saturated carbocycles. The van der Waals surface area contributed by atoms with Gasteiger partial charge >= 0.3 is 0 Å². The zero-order valence-corrected chi connectivity index (χ0v) is 14.2. The molecule has 3 nitrogen and oxygen atoms in total. The minimum atomic E-state index is 0.725. The molecule has 0 amide bonds. The third kappa shape index (κ3) is 3.99. The van der Waals surface area contributed by atoms with Crippen molar-refractivity contribution in [1.82, 2.24) is 5.32 Å². The van der Waals surface area contributed by atoms with Crippen LogP contribution in [0.2, 0.25) is 0 Å². The highest BCUT2D eigenvalue weighted by Crippen LogP contribution is 2.34. The van der Waals surface area contributed by atoms with Gasteiger partial charge in [-0.3, -0.25) is 0 Å². The van der Waals surface area contributed by atoms with Gasteiger partial charge < -0.3 is 14.8 Å². The van der Waals surface area contributed by atoms with E-state index in [4.69, 9.17) is 9.47 Å². The summed E-state index contributed by atoms with van der Waals surface area (Å²) in [6, 6.07) is 12.0. The van der Waals surface area contributed by atoms with Crippen LogP contribution in [-0.4, -0.2) is 14.2 Å². The van der Waals surface area contributed by atoms with Crippen LogP contribution in [0.1, 0.15) is 18.1 Å². The van der Waals surface area contributed by atoms with Gasteiger partial charge in [0.05, 0.1) is 7.11 Å². The van der Waals surface area contributed by atoms with Gasteiger partial charge in [-0.25, -0.2) is 0 Å². The molecule has 112 valence electrons. The van der Waals surface area contributed by atoms with Crippen LogP contribution in [-0.2, 0) is 13.0 Å². The van der Waals surface area contributed by atoms with Crippen molar-refractivity contribution in [3.8, 4) is 17.2 Å². The zero-order valence-electron chi connectivity index (χ0n) is 12.6. The Labute approximate surface area is 134 Å². The summed E-state index contributed by atoms with van der Waals surface area (Å²) in [5.74, 6) is 2.26. The molecule has 0 atom stereocenters.